The molecule has 4 aromatic rings. The van der Waals surface area contributed by atoms with Gasteiger partial charge in [0.25, 0.3) is 11.8 Å². The molecule has 0 saturated heterocycles. The van der Waals surface area contributed by atoms with Crippen LogP contribution in [0.4, 0.5) is 5.69 Å². The molecule has 0 unspecified atom stereocenters. The quantitative estimate of drug-likeness (QED) is 0.0722. The highest BCUT2D eigenvalue weighted by molar-refractivity contribution is 5.94. The molecule has 0 fully saturated rings. The van der Waals surface area contributed by atoms with Crippen molar-refractivity contribution in [3.8, 4) is 0 Å². The van der Waals surface area contributed by atoms with E-state index in [1.165, 1.54) is 5.56 Å². The molecule has 0 spiro atoms. The summed E-state index contributed by atoms with van der Waals surface area (Å²) in [6, 6.07) is 27.9. The summed E-state index contributed by atoms with van der Waals surface area (Å²) in [5.74, 6) is -0.927. The van der Waals surface area contributed by atoms with Crippen molar-refractivity contribution in [1.29, 1.82) is 0 Å². The first-order valence-corrected chi connectivity index (χ1v) is 19.0. The summed E-state index contributed by atoms with van der Waals surface area (Å²) in [4.78, 5) is 58.8. The van der Waals surface area contributed by atoms with E-state index in [9.17, 15) is 19.2 Å². The Morgan fingerprint density at radius 2 is 1.12 bits per heavy atom. The summed E-state index contributed by atoms with van der Waals surface area (Å²) in [5.41, 5.74) is 11.2. The number of aliphatic imine (C=N–C) groups is 1. The molecule has 56 heavy (non-hydrogen) atoms. The van der Waals surface area contributed by atoms with Gasteiger partial charge in [-0.2, -0.15) is 0 Å². The number of hydrogen-bond donors (Lipinski definition) is 4. The minimum absolute atomic E-state index is 0.0848. The fourth-order valence-electron chi connectivity index (χ4n) is 6.17. The second-order valence-corrected chi connectivity index (χ2v) is 14.0. The Kier molecular flexibility index (Phi) is 16.8. The minimum atomic E-state index is -0.550. The van der Waals surface area contributed by atoms with Crippen LogP contribution in [0.25, 0.3) is 0 Å². The maximum Gasteiger partial charge on any atom is 0.274 e. The number of carbonyl (C=O) groups excluding carboxylic acids is 4. The van der Waals surface area contributed by atoms with E-state index < -0.39 is 11.8 Å². The van der Waals surface area contributed by atoms with Crippen molar-refractivity contribution in [1.82, 2.24) is 20.8 Å². The second-order valence-electron chi connectivity index (χ2n) is 14.0. The first kappa shape index (κ1) is 42.9. The van der Waals surface area contributed by atoms with E-state index in [0.29, 0.717) is 56.7 Å². The highest BCUT2D eigenvalue weighted by Crippen LogP contribution is 2.19. The molecular weight excluding hydrogens is 709 g/mol. The molecule has 0 atom stereocenters. The first-order valence-electron chi connectivity index (χ1n) is 19.0. The van der Waals surface area contributed by atoms with E-state index in [0.717, 1.165) is 59.2 Å². The molecule has 0 bridgehead atoms. The minimum Gasteiger partial charge on any atom is -0.378 e. The third-order valence-electron chi connectivity index (χ3n) is 9.49. The molecule has 1 aliphatic rings. The standard InChI is InChI=1S/C22H25N3O3.C22H29N3O3/c1-2-3-10-25(15-16-4-7-18(8-5-16)22(27)24-28)21(26)12-17-6-9-19-13-23-14-20(19)11-17;1-4-5-13-25(16-17-9-11-19(12-10-17)22(27)23-28)21(26)15-18-7-6-8-20(14-18)24(2)3/h4-9,11,13,28H,2-3,10,12,14-15H2,1H3,(H,24,27);6-12,14,28H,4-5,13,15-16H2,1-3H3,(H,23,27). The lowest BCUT2D eigenvalue weighted by Gasteiger charge is -2.23. The van der Waals surface area contributed by atoms with Crippen LogP contribution >= 0.6 is 0 Å². The lowest BCUT2D eigenvalue weighted by molar-refractivity contribution is -0.132. The van der Waals surface area contributed by atoms with Crippen LogP contribution in [-0.2, 0) is 42.1 Å². The zero-order chi connectivity index (χ0) is 40.5. The monoisotopic (exact) mass is 762 g/mol. The smallest absolute Gasteiger partial charge is 0.274 e. The zero-order valence-corrected chi connectivity index (χ0v) is 32.8. The molecular formula is C44H54N6O6. The lowest BCUT2D eigenvalue weighted by atomic mass is 10.0. The number of hydroxylamine groups is 2. The Bertz CT molecular complexity index is 1940. The molecule has 12 nitrogen and oxygen atoms in total. The van der Waals surface area contributed by atoms with Crippen LogP contribution < -0.4 is 15.9 Å². The molecule has 12 heteroatoms. The van der Waals surface area contributed by atoms with E-state index in [1.54, 1.807) is 35.2 Å². The van der Waals surface area contributed by atoms with Gasteiger partial charge in [-0.25, -0.2) is 11.0 Å². The van der Waals surface area contributed by atoms with E-state index in [1.807, 2.05) is 95.7 Å². The molecule has 0 saturated carbocycles. The van der Waals surface area contributed by atoms with Crippen molar-refractivity contribution < 1.29 is 29.6 Å². The van der Waals surface area contributed by atoms with Gasteiger partial charge in [0, 0.05) is 63.3 Å². The van der Waals surface area contributed by atoms with E-state index in [4.69, 9.17) is 10.4 Å². The largest absolute Gasteiger partial charge is 0.378 e. The van der Waals surface area contributed by atoms with E-state index >= 15 is 0 Å². The van der Waals surface area contributed by atoms with Gasteiger partial charge in [0.15, 0.2) is 0 Å². The fourth-order valence-corrected chi connectivity index (χ4v) is 6.17. The number of unbranched alkanes of at least 4 members (excludes halogenated alkanes) is 2. The van der Waals surface area contributed by atoms with Crippen LogP contribution in [0, 0.1) is 0 Å². The second kappa shape index (κ2) is 21.9. The molecule has 4 aromatic carbocycles. The molecule has 4 N–H and O–H groups in total. The Morgan fingerprint density at radius 1 is 0.643 bits per heavy atom. The summed E-state index contributed by atoms with van der Waals surface area (Å²) in [5, 5.41) is 17.4. The van der Waals surface area contributed by atoms with Crippen LogP contribution in [-0.4, -0.2) is 77.2 Å². The number of rotatable bonds is 17. The topological polar surface area (TPSA) is 155 Å². The average Bonchev–Trinajstić information content (AvgIpc) is 3.69. The van der Waals surface area contributed by atoms with Crippen LogP contribution in [0.1, 0.15) is 93.6 Å². The van der Waals surface area contributed by atoms with Gasteiger partial charge in [-0.15, -0.1) is 0 Å². The first-order chi connectivity index (χ1) is 27.0. The van der Waals surface area contributed by atoms with Crippen LogP contribution in [0.15, 0.2) is 96.0 Å². The van der Waals surface area contributed by atoms with Crippen LogP contribution in [0.5, 0.6) is 0 Å². The summed E-state index contributed by atoms with van der Waals surface area (Å²) in [6.07, 6.45) is 6.49. The summed E-state index contributed by atoms with van der Waals surface area (Å²) in [7, 11) is 3.96. The molecule has 296 valence electrons. The summed E-state index contributed by atoms with van der Waals surface area (Å²) >= 11 is 0. The zero-order valence-electron chi connectivity index (χ0n) is 32.8. The highest BCUT2D eigenvalue weighted by Gasteiger charge is 2.18. The molecule has 0 aromatic heterocycles. The predicted molar refractivity (Wildman–Crippen MR) is 218 cm³/mol. The van der Waals surface area contributed by atoms with Gasteiger partial charge in [-0.1, -0.05) is 81.3 Å². The van der Waals surface area contributed by atoms with E-state index in [2.05, 4.69) is 24.9 Å². The summed E-state index contributed by atoms with van der Waals surface area (Å²) in [6.45, 7) is 7.27. The van der Waals surface area contributed by atoms with Gasteiger partial charge in [0.1, 0.15) is 0 Å². The maximum absolute atomic E-state index is 12.9. The molecule has 0 aliphatic carbocycles. The Morgan fingerprint density at radius 3 is 1.59 bits per heavy atom. The van der Waals surface area contributed by atoms with Crippen LogP contribution in [0.2, 0.25) is 0 Å². The van der Waals surface area contributed by atoms with Crippen molar-refractivity contribution in [2.45, 2.75) is 72.0 Å². The van der Waals surface area contributed by atoms with Crippen molar-refractivity contribution in [3.63, 3.8) is 0 Å². The maximum atomic E-state index is 12.9. The molecule has 1 aliphatic heterocycles. The molecule has 1 heterocycles. The van der Waals surface area contributed by atoms with Crippen molar-refractivity contribution in [2.24, 2.45) is 4.99 Å². The molecule has 4 amide bonds. The fraction of sp³-hybridized carbons (Fsp3) is 0.341. The lowest BCUT2D eigenvalue weighted by Crippen LogP contribution is -2.32. The summed E-state index contributed by atoms with van der Waals surface area (Å²) < 4.78 is 0. The van der Waals surface area contributed by atoms with Crippen molar-refractivity contribution in [2.75, 3.05) is 32.1 Å². The third-order valence-corrected chi connectivity index (χ3v) is 9.49. The number of carbonyl (C=O) groups is 4. The van der Waals surface area contributed by atoms with Gasteiger partial charge >= 0.3 is 0 Å². The number of nitrogens with one attached hydrogen (secondary N) is 2. The Labute approximate surface area is 329 Å². The highest BCUT2D eigenvalue weighted by atomic mass is 16.5. The number of amides is 4. The number of fused-ring (bicyclic) bond motifs is 1. The molecule has 0 radical (unpaired) electrons. The Hall–Kier alpha value is -5.85. The van der Waals surface area contributed by atoms with Gasteiger partial charge in [-0.05, 0) is 82.6 Å². The Balaban J connectivity index is 0.000000249. The third kappa shape index (κ3) is 12.9. The average molecular weight is 763 g/mol. The van der Waals surface area contributed by atoms with Crippen molar-refractivity contribution in [3.05, 3.63) is 136 Å². The normalized spacial score (nSPS) is 11.2. The number of nitrogens with zero attached hydrogens (tertiary/aromatic N) is 4. The SMILES string of the molecule is CCCCN(Cc1ccc(C(=O)NO)cc1)C(=O)Cc1ccc2c(c1)CN=C2.CCCCN(Cc1ccc(C(=O)NO)cc1)C(=O)Cc1cccc(N(C)C)c1. The van der Waals surface area contributed by atoms with Gasteiger partial charge in [-0.3, -0.25) is 34.6 Å². The van der Waals surface area contributed by atoms with Crippen LogP contribution in [0.3, 0.4) is 0 Å². The predicted octanol–water partition coefficient (Wildman–Crippen LogP) is 6.35. The number of anilines is 1. The number of hydrogen-bond acceptors (Lipinski definition) is 8. The van der Waals surface area contributed by atoms with E-state index in [-0.39, 0.29) is 11.8 Å². The molecule has 5 rings (SSSR count). The van der Waals surface area contributed by atoms with Gasteiger partial charge in [0.05, 0.1) is 19.4 Å². The number of benzene rings is 4. The van der Waals surface area contributed by atoms with Gasteiger partial charge < -0.3 is 14.7 Å². The van der Waals surface area contributed by atoms with Crippen molar-refractivity contribution >= 4 is 35.5 Å². The van der Waals surface area contributed by atoms with Gasteiger partial charge in [0.2, 0.25) is 11.8 Å².